The maximum absolute atomic E-state index is 13.8. The number of carbonyl (C=O) groups excluding carboxylic acids is 2. The third kappa shape index (κ3) is 3.61. The summed E-state index contributed by atoms with van der Waals surface area (Å²) < 4.78 is 30.8. The van der Waals surface area contributed by atoms with E-state index in [9.17, 15) is 18.4 Å². The number of alkyl halides is 2. The number of benzene rings is 1. The van der Waals surface area contributed by atoms with Crippen LogP contribution < -0.4 is 5.32 Å². The predicted octanol–water partition coefficient (Wildman–Crippen LogP) is 4.20. The van der Waals surface area contributed by atoms with Gasteiger partial charge in [-0.15, -0.1) is 0 Å². The first-order valence-corrected chi connectivity index (χ1v) is 10.4. The van der Waals surface area contributed by atoms with Crippen molar-refractivity contribution >= 4 is 34.4 Å². The molecule has 1 amide bonds. The van der Waals surface area contributed by atoms with Gasteiger partial charge in [-0.25, -0.2) is 18.3 Å². The van der Waals surface area contributed by atoms with Gasteiger partial charge in [0.05, 0.1) is 23.4 Å². The number of carbonyl (C=O) groups is 2. The lowest BCUT2D eigenvalue weighted by Gasteiger charge is -2.25. The highest BCUT2D eigenvalue weighted by Crippen LogP contribution is 2.35. The number of nitrogens with zero attached hydrogens (tertiary/aromatic N) is 5. The van der Waals surface area contributed by atoms with E-state index in [1.165, 1.54) is 29.0 Å². The molecular formula is C22H20F2N6O2. The van der Waals surface area contributed by atoms with Gasteiger partial charge in [-0.1, -0.05) is 0 Å². The van der Waals surface area contributed by atoms with Crippen molar-refractivity contribution in [2.24, 2.45) is 5.92 Å². The van der Waals surface area contributed by atoms with Crippen LogP contribution in [0.15, 0.2) is 43.0 Å². The first-order chi connectivity index (χ1) is 15.5. The molecule has 0 aliphatic heterocycles. The summed E-state index contributed by atoms with van der Waals surface area (Å²) in [6.45, 7) is 0. The zero-order valence-corrected chi connectivity index (χ0v) is 17.0. The maximum atomic E-state index is 13.8. The SMILES string of the molecule is O=CC1CCC(n2cc3cc(NC(=O)c4cnn5cccnc45)c(C(F)F)cc3n2)CC1. The Morgan fingerprint density at radius 3 is 2.78 bits per heavy atom. The van der Waals surface area contributed by atoms with Crippen molar-refractivity contribution in [3.63, 3.8) is 0 Å². The molecule has 1 N–H and O–H groups in total. The van der Waals surface area contributed by atoms with Gasteiger partial charge in [-0.3, -0.25) is 9.48 Å². The number of nitrogens with one attached hydrogen (secondary N) is 1. The molecule has 8 nitrogen and oxygen atoms in total. The number of anilines is 1. The van der Waals surface area contributed by atoms with Crippen LogP contribution in [0.1, 0.15) is 54.1 Å². The van der Waals surface area contributed by atoms with Gasteiger partial charge >= 0.3 is 0 Å². The van der Waals surface area contributed by atoms with Gasteiger partial charge in [0.2, 0.25) is 0 Å². The minimum Gasteiger partial charge on any atom is -0.321 e. The molecule has 0 spiro atoms. The molecule has 164 valence electrons. The molecule has 1 aromatic carbocycles. The normalized spacial score (nSPS) is 19.0. The van der Waals surface area contributed by atoms with E-state index in [0.717, 1.165) is 32.0 Å². The number of rotatable bonds is 5. The number of amides is 1. The van der Waals surface area contributed by atoms with E-state index < -0.39 is 12.3 Å². The van der Waals surface area contributed by atoms with Crippen LogP contribution in [0.4, 0.5) is 14.5 Å². The molecule has 32 heavy (non-hydrogen) atoms. The largest absolute Gasteiger partial charge is 0.321 e. The molecule has 4 aromatic rings. The van der Waals surface area contributed by atoms with Crippen LogP contribution in [0.2, 0.25) is 0 Å². The number of hydrogen-bond donors (Lipinski definition) is 1. The highest BCUT2D eigenvalue weighted by atomic mass is 19.3. The lowest BCUT2D eigenvalue weighted by Crippen LogP contribution is -2.19. The zero-order valence-electron chi connectivity index (χ0n) is 17.0. The van der Waals surface area contributed by atoms with Crippen LogP contribution >= 0.6 is 0 Å². The molecule has 3 aromatic heterocycles. The Kier molecular flexibility index (Phi) is 5.12. The summed E-state index contributed by atoms with van der Waals surface area (Å²) in [5.74, 6) is -0.489. The summed E-state index contributed by atoms with van der Waals surface area (Å²) in [5.41, 5.74) is 0.688. The molecule has 1 saturated carbocycles. The van der Waals surface area contributed by atoms with E-state index in [4.69, 9.17) is 0 Å². The molecule has 10 heteroatoms. The molecule has 1 fully saturated rings. The highest BCUT2D eigenvalue weighted by molar-refractivity contribution is 6.09. The van der Waals surface area contributed by atoms with Crippen molar-refractivity contribution in [3.05, 3.63) is 54.1 Å². The summed E-state index contributed by atoms with van der Waals surface area (Å²) >= 11 is 0. The molecule has 5 rings (SSSR count). The zero-order chi connectivity index (χ0) is 22.2. The second kappa shape index (κ2) is 8.10. The van der Waals surface area contributed by atoms with Gasteiger partial charge in [0.25, 0.3) is 12.3 Å². The number of aromatic nitrogens is 5. The second-order valence-electron chi connectivity index (χ2n) is 8.01. The van der Waals surface area contributed by atoms with Crippen LogP contribution in [0.25, 0.3) is 16.6 Å². The lowest BCUT2D eigenvalue weighted by molar-refractivity contribution is -0.112. The highest BCUT2D eigenvalue weighted by Gasteiger charge is 2.24. The van der Waals surface area contributed by atoms with Crippen molar-refractivity contribution in [1.82, 2.24) is 24.4 Å². The standard InChI is InChI=1S/C22H20F2N6O2/c23-20(24)16-9-18-14(11-30(28-18)15-4-2-13(12-31)3-5-15)8-19(16)27-22(32)17-10-26-29-7-1-6-25-21(17)29/h1,6-13,15,20H,2-5H2,(H,27,32). The fourth-order valence-electron chi connectivity index (χ4n) is 4.26. The van der Waals surface area contributed by atoms with Gasteiger partial charge < -0.3 is 10.1 Å². The lowest BCUT2D eigenvalue weighted by atomic mass is 9.87. The van der Waals surface area contributed by atoms with Crippen LogP contribution in [-0.4, -0.2) is 36.6 Å². The average molecular weight is 438 g/mol. The van der Waals surface area contributed by atoms with E-state index in [-0.39, 0.29) is 28.8 Å². The van der Waals surface area contributed by atoms with Crippen molar-refractivity contribution in [2.45, 2.75) is 38.2 Å². The average Bonchev–Trinajstić information content (AvgIpc) is 3.42. The van der Waals surface area contributed by atoms with Gasteiger partial charge in [0.1, 0.15) is 11.8 Å². The molecular weight excluding hydrogens is 418 g/mol. The quantitative estimate of drug-likeness (QED) is 0.472. The maximum Gasteiger partial charge on any atom is 0.265 e. The predicted molar refractivity (Wildman–Crippen MR) is 113 cm³/mol. The van der Waals surface area contributed by atoms with Gasteiger partial charge in [0.15, 0.2) is 5.65 Å². The third-order valence-electron chi connectivity index (χ3n) is 6.01. The minimum absolute atomic E-state index is 0.0250. The van der Waals surface area contributed by atoms with Crippen LogP contribution in [0.3, 0.4) is 0 Å². The van der Waals surface area contributed by atoms with Crippen LogP contribution in [0, 0.1) is 5.92 Å². The number of halogens is 2. The Bertz CT molecular complexity index is 1310. The Balaban J connectivity index is 1.46. The summed E-state index contributed by atoms with van der Waals surface area (Å²) in [7, 11) is 0. The Hall–Kier alpha value is -3.69. The smallest absolute Gasteiger partial charge is 0.265 e. The number of fused-ring (bicyclic) bond motifs is 2. The number of aldehydes is 1. The van der Waals surface area contributed by atoms with Crippen LogP contribution in [0.5, 0.6) is 0 Å². The van der Waals surface area contributed by atoms with Crippen molar-refractivity contribution < 1.29 is 18.4 Å². The van der Waals surface area contributed by atoms with Gasteiger partial charge in [0, 0.05) is 35.5 Å². The van der Waals surface area contributed by atoms with Gasteiger partial charge in [-0.05, 0) is 43.9 Å². The van der Waals surface area contributed by atoms with E-state index in [1.54, 1.807) is 16.9 Å². The first kappa shape index (κ1) is 20.2. The van der Waals surface area contributed by atoms with E-state index in [0.29, 0.717) is 16.6 Å². The number of hydrogen-bond acceptors (Lipinski definition) is 5. The van der Waals surface area contributed by atoms with Crippen molar-refractivity contribution in [2.75, 3.05) is 5.32 Å². The van der Waals surface area contributed by atoms with E-state index >= 15 is 0 Å². The Morgan fingerprint density at radius 2 is 2.03 bits per heavy atom. The van der Waals surface area contributed by atoms with Crippen molar-refractivity contribution in [3.8, 4) is 0 Å². The molecule has 0 unspecified atom stereocenters. The van der Waals surface area contributed by atoms with Crippen molar-refractivity contribution in [1.29, 1.82) is 0 Å². The molecule has 0 saturated heterocycles. The molecule has 0 radical (unpaired) electrons. The monoisotopic (exact) mass is 438 g/mol. The minimum atomic E-state index is -2.79. The fourth-order valence-corrected chi connectivity index (χ4v) is 4.26. The second-order valence-corrected chi connectivity index (χ2v) is 8.01. The molecule has 0 bridgehead atoms. The van der Waals surface area contributed by atoms with Gasteiger partial charge in [-0.2, -0.15) is 10.2 Å². The van der Waals surface area contributed by atoms with E-state index in [2.05, 4.69) is 20.5 Å². The van der Waals surface area contributed by atoms with Crippen LogP contribution in [-0.2, 0) is 4.79 Å². The summed E-state index contributed by atoms with van der Waals surface area (Å²) in [6, 6.07) is 4.64. The summed E-state index contributed by atoms with van der Waals surface area (Å²) in [5, 5.41) is 11.8. The topological polar surface area (TPSA) is 94.2 Å². The van der Waals surface area contributed by atoms with E-state index in [1.807, 2.05) is 6.20 Å². The molecule has 3 heterocycles. The summed E-state index contributed by atoms with van der Waals surface area (Å²) in [6.07, 6.45) is 7.75. The molecule has 1 aliphatic carbocycles. The Labute approximate surface area is 181 Å². The Morgan fingerprint density at radius 1 is 1.22 bits per heavy atom. The molecule has 1 aliphatic rings. The third-order valence-corrected chi connectivity index (χ3v) is 6.01. The molecule has 0 atom stereocenters. The first-order valence-electron chi connectivity index (χ1n) is 10.4. The fraction of sp³-hybridized carbons (Fsp3) is 0.318. The summed E-state index contributed by atoms with van der Waals surface area (Å²) in [4.78, 5) is 27.9.